The molecule has 1 unspecified atom stereocenters. The molecule has 0 aliphatic heterocycles. The lowest BCUT2D eigenvalue weighted by atomic mass is 9.85. The van der Waals surface area contributed by atoms with Gasteiger partial charge >= 0.3 is 0 Å². The highest BCUT2D eigenvalue weighted by Crippen LogP contribution is 2.30. The van der Waals surface area contributed by atoms with Crippen LogP contribution in [0.2, 0.25) is 0 Å². The third kappa shape index (κ3) is 3.38. The Morgan fingerprint density at radius 3 is 2.55 bits per heavy atom. The Hall–Kier alpha value is -1.39. The molecule has 1 aromatic carbocycles. The number of carbonyl (C=O) groups is 1. The van der Waals surface area contributed by atoms with Crippen LogP contribution in [0, 0.1) is 5.92 Å². The van der Waals surface area contributed by atoms with Gasteiger partial charge in [0.1, 0.15) is 5.54 Å². The second kappa shape index (κ2) is 6.37. The highest BCUT2D eigenvalue weighted by molar-refractivity contribution is 5.86. The van der Waals surface area contributed by atoms with E-state index in [1.807, 2.05) is 30.3 Å². The van der Waals surface area contributed by atoms with Crippen molar-refractivity contribution < 1.29 is 4.79 Å². The maximum atomic E-state index is 12.0. The number of rotatable bonds is 8. The molecule has 20 heavy (non-hydrogen) atoms. The summed E-state index contributed by atoms with van der Waals surface area (Å²) >= 11 is 0. The molecule has 1 fully saturated rings. The van der Waals surface area contributed by atoms with Gasteiger partial charge in [-0.3, -0.25) is 4.79 Å². The van der Waals surface area contributed by atoms with Crippen LogP contribution in [0.3, 0.4) is 0 Å². The van der Waals surface area contributed by atoms with Crippen molar-refractivity contribution in [2.75, 3.05) is 27.2 Å². The van der Waals surface area contributed by atoms with E-state index in [-0.39, 0.29) is 5.91 Å². The molecule has 0 radical (unpaired) electrons. The van der Waals surface area contributed by atoms with Crippen molar-refractivity contribution in [3.05, 3.63) is 35.9 Å². The highest BCUT2D eigenvalue weighted by Gasteiger charge is 2.37. The second-order valence-electron chi connectivity index (χ2n) is 5.84. The Kier molecular flexibility index (Phi) is 4.78. The minimum absolute atomic E-state index is 0.314. The molecule has 0 spiro atoms. The first-order valence-electron chi connectivity index (χ1n) is 7.31. The van der Waals surface area contributed by atoms with Crippen LogP contribution in [0.5, 0.6) is 0 Å². The first-order valence-corrected chi connectivity index (χ1v) is 7.31. The summed E-state index contributed by atoms with van der Waals surface area (Å²) in [5, 5.41) is 3.15. The van der Waals surface area contributed by atoms with Gasteiger partial charge in [-0.1, -0.05) is 30.3 Å². The molecular weight excluding hydrogens is 250 g/mol. The van der Waals surface area contributed by atoms with Crippen LogP contribution >= 0.6 is 0 Å². The zero-order valence-corrected chi connectivity index (χ0v) is 12.4. The van der Waals surface area contributed by atoms with Crippen LogP contribution in [0.1, 0.15) is 24.8 Å². The Balaban J connectivity index is 2.08. The largest absolute Gasteiger partial charge is 0.368 e. The van der Waals surface area contributed by atoms with Gasteiger partial charge in [-0.15, -0.1) is 0 Å². The number of benzene rings is 1. The molecule has 0 bridgehead atoms. The van der Waals surface area contributed by atoms with E-state index in [0.29, 0.717) is 6.42 Å². The molecule has 4 heteroatoms. The van der Waals surface area contributed by atoms with Crippen LogP contribution in [0.15, 0.2) is 30.3 Å². The predicted octanol–water partition coefficient (Wildman–Crippen LogP) is 1.32. The standard InChI is InChI=1S/C16H25N3O/c1-18-16(15(17)20,14-6-4-3-5-7-14)10-11-19(2)12-13-8-9-13/h3-7,13,18H,8-12H2,1-2H3,(H2,17,20). The van der Waals surface area contributed by atoms with E-state index in [9.17, 15) is 4.79 Å². The summed E-state index contributed by atoms with van der Waals surface area (Å²) in [5.74, 6) is 0.542. The summed E-state index contributed by atoms with van der Waals surface area (Å²) in [6.45, 7) is 1.97. The van der Waals surface area contributed by atoms with Crippen molar-refractivity contribution in [2.45, 2.75) is 24.8 Å². The number of hydrogen-bond acceptors (Lipinski definition) is 3. The van der Waals surface area contributed by atoms with Crippen LogP contribution in [0.25, 0.3) is 0 Å². The summed E-state index contributed by atoms with van der Waals surface area (Å²) < 4.78 is 0. The summed E-state index contributed by atoms with van der Waals surface area (Å²) in [6, 6.07) is 9.75. The van der Waals surface area contributed by atoms with E-state index in [2.05, 4.69) is 17.3 Å². The molecule has 0 aromatic heterocycles. The van der Waals surface area contributed by atoms with Crippen molar-refractivity contribution in [1.82, 2.24) is 10.2 Å². The first kappa shape index (κ1) is 15.0. The fraction of sp³-hybridized carbons (Fsp3) is 0.562. The van der Waals surface area contributed by atoms with Gasteiger partial charge in [0.2, 0.25) is 5.91 Å². The average molecular weight is 275 g/mol. The van der Waals surface area contributed by atoms with Gasteiger partial charge in [-0.05, 0) is 44.8 Å². The quantitative estimate of drug-likeness (QED) is 0.752. The van der Waals surface area contributed by atoms with Crippen LogP contribution in [-0.2, 0) is 10.3 Å². The van der Waals surface area contributed by atoms with Crippen molar-refractivity contribution in [3.63, 3.8) is 0 Å². The molecular formula is C16H25N3O. The first-order chi connectivity index (χ1) is 9.58. The zero-order valence-electron chi connectivity index (χ0n) is 12.4. The number of nitrogens with one attached hydrogen (secondary N) is 1. The molecule has 3 N–H and O–H groups in total. The van der Waals surface area contributed by atoms with Crippen LogP contribution in [0.4, 0.5) is 0 Å². The lowest BCUT2D eigenvalue weighted by Crippen LogP contribution is -2.52. The van der Waals surface area contributed by atoms with E-state index >= 15 is 0 Å². The maximum Gasteiger partial charge on any atom is 0.242 e. The molecule has 1 atom stereocenters. The van der Waals surface area contributed by atoms with E-state index in [1.54, 1.807) is 7.05 Å². The normalized spacial score (nSPS) is 17.9. The van der Waals surface area contributed by atoms with E-state index < -0.39 is 5.54 Å². The fourth-order valence-corrected chi connectivity index (χ4v) is 2.72. The molecule has 1 aromatic rings. The fourth-order valence-electron chi connectivity index (χ4n) is 2.72. The maximum absolute atomic E-state index is 12.0. The van der Waals surface area contributed by atoms with Gasteiger partial charge in [-0.2, -0.15) is 0 Å². The van der Waals surface area contributed by atoms with Gasteiger partial charge in [0, 0.05) is 13.1 Å². The van der Waals surface area contributed by atoms with Crippen molar-refractivity contribution in [3.8, 4) is 0 Å². The number of amides is 1. The Morgan fingerprint density at radius 2 is 2.05 bits per heavy atom. The van der Waals surface area contributed by atoms with E-state index in [1.165, 1.54) is 12.8 Å². The molecule has 4 nitrogen and oxygen atoms in total. The lowest BCUT2D eigenvalue weighted by Gasteiger charge is -2.32. The monoisotopic (exact) mass is 275 g/mol. The number of nitrogens with two attached hydrogens (primary N) is 1. The number of nitrogens with zero attached hydrogens (tertiary/aromatic N) is 1. The molecule has 1 aliphatic carbocycles. The van der Waals surface area contributed by atoms with Gasteiger partial charge < -0.3 is 16.0 Å². The third-order valence-electron chi connectivity index (χ3n) is 4.25. The van der Waals surface area contributed by atoms with E-state index in [0.717, 1.165) is 24.6 Å². The Bertz CT molecular complexity index is 444. The topological polar surface area (TPSA) is 58.4 Å². The number of hydrogen-bond donors (Lipinski definition) is 2. The number of primary amides is 1. The molecule has 1 saturated carbocycles. The zero-order chi connectivity index (χ0) is 14.6. The minimum Gasteiger partial charge on any atom is -0.368 e. The molecule has 0 heterocycles. The highest BCUT2D eigenvalue weighted by atomic mass is 16.1. The van der Waals surface area contributed by atoms with Crippen LogP contribution < -0.4 is 11.1 Å². The summed E-state index contributed by atoms with van der Waals surface area (Å²) in [6.07, 6.45) is 3.37. The molecule has 1 amide bonds. The van der Waals surface area contributed by atoms with Gasteiger partial charge in [-0.25, -0.2) is 0 Å². The van der Waals surface area contributed by atoms with Crippen LogP contribution in [-0.4, -0.2) is 38.0 Å². The van der Waals surface area contributed by atoms with Gasteiger partial charge in [0.05, 0.1) is 0 Å². The van der Waals surface area contributed by atoms with Crippen molar-refractivity contribution in [2.24, 2.45) is 11.7 Å². The number of carbonyl (C=O) groups excluding carboxylic acids is 1. The SMILES string of the molecule is CNC(CCN(C)CC1CC1)(C(N)=O)c1ccccc1. The van der Waals surface area contributed by atoms with Crippen molar-refractivity contribution >= 4 is 5.91 Å². The molecule has 2 rings (SSSR count). The van der Waals surface area contributed by atoms with E-state index in [4.69, 9.17) is 5.73 Å². The lowest BCUT2D eigenvalue weighted by molar-refractivity contribution is -0.125. The molecule has 0 saturated heterocycles. The third-order valence-corrected chi connectivity index (χ3v) is 4.25. The van der Waals surface area contributed by atoms with Gasteiger partial charge in [0.15, 0.2) is 0 Å². The summed E-state index contributed by atoms with van der Waals surface area (Å²) in [4.78, 5) is 14.3. The predicted molar refractivity (Wildman–Crippen MR) is 81.2 cm³/mol. The Morgan fingerprint density at radius 1 is 1.40 bits per heavy atom. The smallest absolute Gasteiger partial charge is 0.242 e. The Labute approximate surface area is 121 Å². The number of likely N-dealkylation sites (N-methyl/N-ethyl adjacent to an activating group) is 1. The minimum atomic E-state index is -0.779. The molecule has 1 aliphatic rings. The summed E-state index contributed by atoms with van der Waals surface area (Å²) in [5.41, 5.74) is 5.86. The average Bonchev–Trinajstić information content (AvgIpc) is 3.25. The summed E-state index contributed by atoms with van der Waals surface area (Å²) in [7, 11) is 3.92. The second-order valence-corrected chi connectivity index (χ2v) is 5.84. The van der Waals surface area contributed by atoms with Gasteiger partial charge in [0.25, 0.3) is 0 Å². The van der Waals surface area contributed by atoms with Crippen molar-refractivity contribution in [1.29, 1.82) is 0 Å². The molecule has 110 valence electrons.